The van der Waals surface area contributed by atoms with Gasteiger partial charge in [-0.3, -0.25) is 9.59 Å². The highest BCUT2D eigenvalue weighted by molar-refractivity contribution is 7.98. The number of rotatable bonds is 7. The molecule has 1 amide bonds. The number of thioether (sulfide) groups is 1. The van der Waals surface area contributed by atoms with Crippen LogP contribution in [0.3, 0.4) is 0 Å². The number of hydrogen-bond acceptors (Lipinski definition) is 6. The maximum Gasteiger partial charge on any atom is 0.306 e. The highest BCUT2D eigenvalue weighted by atomic mass is 32.2. The molecule has 0 radical (unpaired) electrons. The zero-order valence-corrected chi connectivity index (χ0v) is 22.9. The van der Waals surface area contributed by atoms with Gasteiger partial charge in [-0.1, -0.05) is 20.8 Å². The molecule has 4 aliphatic rings. The monoisotopic (exact) mass is 491 g/mol. The highest BCUT2D eigenvalue weighted by Gasteiger charge is 2.61. The number of carbonyl (C=O) groups excluding carboxylic acids is 2. The number of piperidine rings is 1. The van der Waals surface area contributed by atoms with Crippen molar-refractivity contribution in [2.45, 2.75) is 96.2 Å². The molecule has 1 heterocycles. The minimum atomic E-state index is -0.416. The van der Waals surface area contributed by atoms with Crippen molar-refractivity contribution in [3.63, 3.8) is 0 Å². The quantitative estimate of drug-likeness (QED) is 0.413. The summed E-state index contributed by atoms with van der Waals surface area (Å²) in [5.74, 6) is 3.14. The molecule has 1 saturated heterocycles. The standard InChI is InChI=1S/C25H38N2O3S.C2H7N/c1-16-8-18-11-24(3,13-21(28)27-19(14-26)9-20-17(2)23(20)27)15-25(10-16,12-18)30-22(29)6-5-7-31-4;1-3-2/h16-20,23H,5-13,15H2,1-4H3;3H,1-2H3/t16?,17-,18?,19?,20?,23?,24?,25?;/m0./s1. The Kier molecular flexibility index (Phi) is 9.01. The number of likely N-dealkylation sites (tertiary alicyclic amines) is 1. The Bertz CT molecular complexity index is 782. The fourth-order valence-corrected chi connectivity index (χ4v) is 7.99. The number of ether oxygens (including phenoxy) is 1. The van der Waals surface area contributed by atoms with Gasteiger partial charge < -0.3 is 15.0 Å². The molecule has 7 heteroatoms. The third-order valence-electron chi connectivity index (χ3n) is 8.39. The summed E-state index contributed by atoms with van der Waals surface area (Å²) in [7, 11) is 3.75. The van der Waals surface area contributed by atoms with Gasteiger partial charge in [0.1, 0.15) is 11.6 Å². The first-order valence-electron chi connectivity index (χ1n) is 13.1. The molecule has 1 aliphatic heterocycles. The molecule has 4 rings (SSSR count). The van der Waals surface area contributed by atoms with E-state index in [1.54, 1.807) is 11.8 Å². The molecule has 0 aromatic rings. The smallest absolute Gasteiger partial charge is 0.306 e. The van der Waals surface area contributed by atoms with Crippen molar-refractivity contribution in [3.05, 3.63) is 0 Å². The van der Waals surface area contributed by atoms with Crippen molar-refractivity contribution >= 4 is 23.6 Å². The van der Waals surface area contributed by atoms with Crippen LogP contribution in [0, 0.1) is 40.4 Å². The summed E-state index contributed by atoms with van der Waals surface area (Å²) in [5.41, 5.74) is -0.586. The van der Waals surface area contributed by atoms with Gasteiger partial charge in [0.05, 0.1) is 6.07 Å². The van der Waals surface area contributed by atoms with Crippen molar-refractivity contribution in [1.29, 1.82) is 5.26 Å². The summed E-state index contributed by atoms with van der Waals surface area (Å²) in [4.78, 5) is 28.0. The molecule has 6 nitrogen and oxygen atoms in total. The van der Waals surface area contributed by atoms with Crippen LogP contribution in [0.25, 0.3) is 0 Å². The molecule has 3 aliphatic carbocycles. The molecular weight excluding hydrogens is 446 g/mol. The van der Waals surface area contributed by atoms with Gasteiger partial charge in [0.2, 0.25) is 5.91 Å². The normalized spacial score (nSPS) is 39.9. The number of amides is 1. The Balaban J connectivity index is 0.00000103. The topological polar surface area (TPSA) is 82.4 Å². The van der Waals surface area contributed by atoms with Crippen LogP contribution in [0.2, 0.25) is 0 Å². The van der Waals surface area contributed by atoms with E-state index in [0.29, 0.717) is 36.5 Å². The third-order valence-corrected chi connectivity index (χ3v) is 9.08. The van der Waals surface area contributed by atoms with E-state index in [0.717, 1.165) is 50.7 Å². The SMILES string of the molecule is CNC.CSCCCC(=O)OC12CC(C)CC(CC(C)(CC(=O)N3C(C#N)CC4C3[C@H]4C)C1)C2. The molecule has 3 saturated carbocycles. The Morgan fingerprint density at radius 2 is 1.91 bits per heavy atom. The van der Waals surface area contributed by atoms with Gasteiger partial charge >= 0.3 is 5.97 Å². The maximum atomic E-state index is 13.4. The van der Waals surface area contributed by atoms with Crippen LogP contribution in [0.15, 0.2) is 0 Å². The second-order valence-electron chi connectivity index (χ2n) is 11.9. The van der Waals surface area contributed by atoms with Crippen LogP contribution in [0.1, 0.15) is 78.6 Å². The van der Waals surface area contributed by atoms with Crippen molar-refractivity contribution in [2.75, 3.05) is 26.1 Å². The fourth-order valence-electron chi connectivity index (χ4n) is 7.56. The Morgan fingerprint density at radius 3 is 2.56 bits per heavy atom. The lowest BCUT2D eigenvalue weighted by Gasteiger charge is -2.53. The van der Waals surface area contributed by atoms with Crippen molar-refractivity contribution in [1.82, 2.24) is 10.2 Å². The van der Waals surface area contributed by atoms with E-state index in [1.807, 2.05) is 19.0 Å². The molecule has 4 fully saturated rings. The molecule has 0 spiro atoms. The summed E-state index contributed by atoms with van der Waals surface area (Å²) in [6.07, 6.45) is 9.51. The number of carbonyl (C=O) groups is 2. The van der Waals surface area contributed by atoms with Crippen LogP contribution >= 0.6 is 11.8 Å². The summed E-state index contributed by atoms with van der Waals surface area (Å²) >= 11 is 1.76. The van der Waals surface area contributed by atoms with Crippen LogP contribution < -0.4 is 5.32 Å². The van der Waals surface area contributed by atoms with E-state index >= 15 is 0 Å². The van der Waals surface area contributed by atoms with E-state index in [1.165, 1.54) is 0 Å². The molecule has 192 valence electrons. The van der Waals surface area contributed by atoms with E-state index in [4.69, 9.17) is 4.74 Å². The number of nitriles is 1. The number of nitrogens with zero attached hydrogens (tertiary/aromatic N) is 2. The van der Waals surface area contributed by atoms with E-state index in [2.05, 4.69) is 38.4 Å². The van der Waals surface area contributed by atoms with Crippen molar-refractivity contribution in [2.24, 2.45) is 29.1 Å². The molecule has 34 heavy (non-hydrogen) atoms. The number of hydrogen-bond donors (Lipinski definition) is 1. The average molecular weight is 492 g/mol. The number of fused-ring (bicyclic) bond motifs is 3. The lowest BCUT2D eigenvalue weighted by atomic mass is 9.56. The molecule has 1 N–H and O–H groups in total. The first-order valence-corrected chi connectivity index (χ1v) is 14.5. The van der Waals surface area contributed by atoms with Gasteiger partial charge in [0.15, 0.2) is 0 Å². The van der Waals surface area contributed by atoms with E-state index < -0.39 is 5.60 Å². The predicted octanol–water partition coefficient (Wildman–Crippen LogP) is 4.63. The van der Waals surface area contributed by atoms with Gasteiger partial charge in [-0.15, -0.1) is 0 Å². The fraction of sp³-hybridized carbons (Fsp3) is 0.889. The minimum absolute atomic E-state index is 0.0730. The van der Waals surface area contributed by atoms with Crippen LogP contribution in [0.4, 0.5) is 0 Å². The third kappa shape index (κ3) is 6.10. The average Bonchev–Trinajstić information content (AvgIpc) is 3.17. The summed E-state index contributed by atoms with van der Waals surface area (Å²) in [6.45, 7) is 6.68. The van der Waals surface area contributed by atoms with Gasteiger partial charge in [0.25, 0.3) is 0 Å². The Morgan fingerprint density at radius 1 is 1.21 bits per heavy atom. The van der Waals surface area contributed by atoms with Gasteiger partial charge in [-0.25, -0.2) is 0 Å². The number of nitrogens with one attached hydrogen (secondary N) is 1. The Labute approximate surface area is 210 Å². The molecule has 7 unspecified atom stereocenters. The zero-order valence-electron chi connectivity index (χ0n) is 22.1. The van der Waals surface area contributed by atoms with Gasteiger partial charge in [-0.2, -0.15) is 17.0 Å². The first kappa shape index (κ1) is 27.3. The second-order valence-corrected chi connectivity index (χ2v) is 12.9. The largest absolute Gasteiger partial charge is 0.459 e. The number of esters is 1. The predicted molar refractivity (Wildman–Crippen MR) is 137 cm³/mol. The molecule has 0 aromatic carbocycles. The zero-order chi connectivity index (χ0) is 25.1. The second kappa shape index (κ2) is 11.2. The lowest BCUT2D eigenvalue weighted by Crippen LogP contribution is -2.52. The first-order chi connectivity index (χ1) is 16.1. The Hall–Kier alpha value is -1.26. The van der Waals surface area contributed by atoms with E-state index in [-0.39, 0.29) is 29.4 Å². The van der Waals surface area contributed by atoms with Crippen molar-refractivity contribution < 1.29 is 14.3 Å². The van der Waals surface area contributed by atoms with Crippen molar-refractivity contribution in [3.8, 4) is 6.07 Å². The van der Waals surface area contributed by atoms with Crippen LogP contribution in [-0.2, 0) is 14.3 Å². The van der Waals surface area contributed by atoms with Gasteiger partial charge in [0, 0.05) is 18.9 Å². The highest BCUT2D eigenvalue weighted by Crippen LogP contribution is 2.57. The molecule has 8 atom stereocenters. The van der Waals surface area contributed by atoms with E-state index in [9.17, 15) is 14.9 Å². The van der Waals surface area contributed by atoms with Gasteiger partial charge in [-0.05, 0) is 100 Å². The minimum Gasteiger partial charge on any atom is -0.459 e. The lowest BCUT2D eigenvalue weighted by molar-refractivity contribution is -0.182. The summed E-state index contributed by atoms with van der Waals surface area (Å²) < 4.78 is 6.23. The summed E-state index contributed by atoms with van der Waals surface area (Å²) in [6, 6.07) is 2.38. The van der Waals surface area contributed by atoms with Crippen LogP contribution in [-0.4, -0.2) is 60.6 Å². The van der Waals surface area contributed by atoms with Crippen LogP contribution in [0.5, 0.6) is 0 Å². The molecular formula is C27H45N3O3S. The maximum absolute atomic E-state index is 13.4. The molecule has 0 aromatic heterocycles. The molecule has 2 bridgehead atoms. The summed E-state index contributed by atoms with van der Waals surface area (Å²) in [5, 5.41) is 12.3.